The Kier molecular flexibility index (Phi) is 3.76. The van der Waals surface area contributed by atoms with Crippen LogP contribution in [0.3, 0.4) is 0 Å². The van der Waals surface area contributed by atoms with Gasteiger partial charge in [-0.3, -0.25) is 9.48 Å². The third-order valence-electron chi connectivity index (χ3n) is 4.94. The van der Waals surface area contributed by atoms with Crippen molar-refractivity contribution in [1.82, 2.24) is 19.4 Å². The Labute approximate surface area is 130 Å². The summed E-state index contributed by atoms with van der Waals surface area (Å²) in [5.74, 6) is -0.149. The molecule has 1 saturated heterocycles. The summed E-state index contributed by atoms with van der Waals surface area (Å²) >= 11 is 0. The van der Waals surface area contributed by atoms with E-state index in [1.807, 2.05) is 0 Å². The van der Waals surface area contributed by atoms with Gasteiger partial charge in [-0.1, -0.05) is 19.3 Å². The third kappa shape index (κ3) is 2.16. The van der Waals surface area contributed by atoms with Crippen LogP contribution in [0.5, 0.6) is 0 Å². The van der Waals surface area contributed by atoms with Gasteiger partial charge >= 0.3 is 0 Å². The second-order valence-electron chi connectivity index (χ2n) is 6.14. The number of rotatable bonds is 2. The van der Waals surface area contributed by atoms with E-state index in [1.165, 1.54) is 10.5 Å². The molecule has 0 atom stereocenters. The van der Waals surface area contributed by atoms with Gasteiger partial charge in [0.15, 0.2) is 0 Å². The lowest BCUT2D eigenvalue weighted by molar-refractivity contribution is -0.135. The monoisotopic (exact) mass is 326 g/mol. The van der Waals surface area contributed by atoms with Crippen molar-refractivity contribution in [2.24, 2.45) is 7.05 Å². The number of amides is 1. The average molecular weight is 326 g/mol. The van der Waals surface area contributed by atoms with Gasteiger partial charge in [0.25, 0.3) is 0 Å². The predicted molar refractivity (Wildman–Crippen MR) is 80.7 cm³/mol. The first-order chi connectivity index (χ1) is 10.4. The maximum Gasteiger partial charge on any atom is 0.247 e. The van der Waals surface area contributed by atoms with Crippen molar-refractivity contribution in [3.8, 4) is 0 Å². The van der Waals surface area contributed by atoms with Crippen molar-refractivity contribution < 1.29 is 13.2 Å². The Morgan fingerprint density at radius 1 is 1.27 bits per heavy atom. The summed E-state index contributed by atoms with van der Waals surface area (Å²) in [5, 5.41) is 6.89. The van der Waals surface area contributed by atoms with Crippen LogP contribution in [0.2, 0.25) is 0 Å². The van der Waals surface area contributed by atoms with Gasteiger partial charge in [0.05, 0.1) is 11.9 Å². The topological polar surface area (TPSA) is 84.3 Å². The van der Waals surface area contributed by atoms with Crippen LogP contribution < -0.4 is 5.32 Å². The molecule has 0 aromatic carbocycles. The zero-order chi connectivity index (χ0) is 16.0. The normalized spacial score (nSPS) is 22.7. The fraction of sp³-hybridized carbons (Fsp3) is 0.714. The molecule has 0 unspecified atom stereocenters. The minimum Gasteiger partial charge on any atom is -0.353 e. The predicted octanol–water partition coefficient (Wildman–Crippen LogP) is 0.552. The molecule has 1 aromatic rings. The average Bonchev–Trinajstić information content (AvgIpc) is 2.83. The molecule has 2 aliphatic rings. The van der Waals surface area contributed by atoms with Gasteiger partial charge in [0, 0.05) is 20.1 Å². The molecule has 7 nitrogen and oxygen atoms in total. The number of aryl methyl sites for hydroxylation is 1. The van der Waals surface area contributed by atoms with Crippen molar-refractivity contribution in [2.75, 3.05) is 13.1 Å². The number of sulfonamides is 1. The summed E-state index contributed by atoms with van der Waals surface area (Å²) in [5.41, 5.74) is -0.325. The number of nitrogens with one attached hydrogen (secondary N) is 1. The largest absolute Gasteiger partial charge is 0.353 e. The van der Waals surface area contributed by atoms with Crippen LogP contribution >= 0.6 is 0 Å². The van der Waals surface area contributed by atoms with Crippen molar-refractivity contribution >= 4 is 15.9 Å². The molecule has 1 saturated carbocycles. The van der Waals surface area contributed by atoms with Crippen LogP contribution in [-0.2, 0) is 21.9 Å². The molecule has 3 rings (SSSR count). The summed E-state index contributed by atoms with van der Waals surface area (Å²) < 4.78 is 29.2. The number of hydrogen-bond donors (Lipinski definition) is 1. The van der Waals surface area contributed by atoms with Gasteiger partial charge in [-0.05, 0) is 19.8 Å². The Hall–Kier alpha value is -1.41. The van der Waals surface area contributed by atoms with E-state index in [0.29, 0.717) is 31.6 Å². The van der Waals surface area contributed by atoms with Crippen LogP contribution in [-0.4, -0.2) is 47.0 Å². The number of hydrogen-bond acceptors (Lipinski definition) is 4. The van der Waals surface area contributed by atoms with Crippen molar-refractivity contribution in [1.29, 1.82) is 0 Å². The summed E-state index contributed by atoms with van der Waals surface area (Å²) in [7, 11) is -2.01. The standard InChI is InChI=1S/C14H22N4O3S/c1-11-12(10-16-17(11)2)22(20,21)18-9-8-15-13(19)14(18)6-4-3-5-7-14/h10H,3-9H2,1-2H3,(H,15,19). The summed E-state index contributed by atoms with van der Waals surface area (Å²) in [6.07, 6.45) is 5.38. The molecular formula is C14H22N4O3S. The van der Waals surface area contributed by atoms with E-state index in [0.717, 1.165) is 19.3 Å². The highest BCUT2D eigenvalue weighted by Crippen LogP contribution is 2.39. The second-order valence-corrected chi connectivity index (χ2v) is 7.97. The molecule has 8 heteroatoms. The molecule has 0 bridgehead atoms. The van der Waals surface area contributed by atoms with E-state index in [2.05, 4.69) is 10.4 Å². The summed E-state index contributed by atoms with van der Waals surface area (Å²) in [6.45, 7) is 2.42. The molecule has 122 valence electrons. The Balaban J connectivity index is 2.07. The lowest BCUT2D eigenvalue weighted by Gasteiger charge is -2.46. The molecule has 1 N–H and O–H groups in total. The van der Waals surface area contributed by atoms with Crippen molar-refractivity contribution in [2.45, 2.75) is 49.5 Å². The molecule has 1 aliphatic heterocycles. The van der Waals surface area contributed by atoms with Crippen molar-refractivity contribution in [3.63, 3.8) is 0 Å². The molecule has 2 heterocycles. The first kappa shape index (κ1) is 15.5. The van der Waals surface area contributed by atoms with E-state index in [1.54, 1.807) is 18.7 Å². The summed E-state index contributed by atoms with van der Waals surface area (Å²) in [6, 6.07) is 0. The highest BCUT2D eigenvalue weighted by Gasteiger charge is 2.52. The van der Waals surface area contributed by atoms with Gasteiger partial charge < -0.3 is 5.32 Å². The maximum atomic E-state index is 13.1. The molecule has 1 amide bonds. The maximum absolute atomic E-state index is 13.1. The minimum atomic E-state index is -3.72. The van der Waals surface area contributed by atoms with Crippen LogP contribution in [0.25, 0.3) is 0 Å². The first-order valence-corrected chi connectivity index (χ1v) is 9.13. The fourth-order valence-corrected chi connectivity index (χ4v) is 5.56. The lowest BCUT2D eigenvalue weighted by atomic mass is 9.80. The molecule has 2 fully saturated rings. The number of nitrogens with zero attached hydrogens (tertiary/aromatic N) is 3. The molecule has 1 aromatic heterocycles. The molecule has 1 spiro atoms. The fourth-order valence-electron chi connectivity index (χ4n) is 3.58. The molecule has 22 heavy (non-hydrogen) atoms. The van der Waals surface area contributed by atoms with Crippen LogP contribution in [0.15, 0.2) is 11.1 Å². The smallest absolute Gasteiger partial charge is 0.247 e. The van der Waals surface area contributed by atoms with Crippen LogP contribution in [0.1, 0.15) is 37.8 Å². The van der Waals surface area contributed by atoms with E-state index in [9.17, 15) is 13.2 Å². The first-order valence-electron chi connectivity index (χ1n) is 7.69. The van der Waals surface area contributed by atoms with Gasteiger partial charge in [0.1, 0.15) is 10.4 Å². The highest BCUT2D eigenvalue weighted by molar-refractivity contribution is 7.89. The van der Waals surface area contributed by atoms with E-state index in [-0.39, 0.29) is 10.8 Å². The zero-order valence-electron chi connectivity index (χ0n) is 13.0. The number of carbonyl (C=O) groups excluding carboxylic acids is 1. The van der Waals surface area contributed by atoms with Gasteiger partial charge in [-0.25, -0.2) is 8.42 Å². The van der Waals surface area contributed by atoms with Gasteiger partial charge in [-0.2, -0.15) is 9.40 Å². The van der Waals surface area contributed by atoms with Gasteiger partial charge in [-0.15, -0.1) is 0 Å². The zero-order valence-corrected chi connectivity index (χ0v) is 13.8. The number of aromatic nitrogens is 2. The summed E-state index contributed by atoms with van der Waals surface area (Å²) in [4.78, 5) is 12.7. The lowest BCUT2D eigenvalue weighted by Crippen LogP contribution is -2.66. The Bertz CT molecular complexity index is 689. The number of piperazine rings is 1. The highest BCUT2D eigenvalue weighted by atomic mass is 32.2. The molecular weight excluding hydrogens is 304 g/mol. The number of carbonyl (C=O) groups is 1. The van der Waals surface area contributed by atoms with Crippen molar-refractivity contribution in [3.05, 3.63) is 11.9 Å². The van der Waals surface area contributed by atoms with Crippen LogP contribution in [0.4, 0.5) is 0 Å². The third-order valence-corrected chi connectivity index (χ3v) is 7.01. The SMILES string of the molecule is Cc1c(S(=O)(=O)N2CCNC(=O)C23CCCCC3)cnn1C. The minimum absolute atomic E-state index is 0.149. The second kappa shape index (κ2) is 5.34. The van der Waals surface area contributed by atoms with E-state index in [4.69, 9.17) is 0 Å². The quantitative estimate of drug-likeness (QED) is 0.860. The molecule has 0 radical (unpaired) electrons. The van der Waals surface area contributed by atoms with Gasteiger partial charge in [0.2, 0.25) is 15.9 Å². The Morgan fingerprint density at radius 3 is 2.55 bits per heavy atom. The van der Waals surface area contributed by atoms with E-state index < -0.39 is 15.6 Å². The van der Waals surface area contributed by atoms with Crippen LogP contribution in [0, 0.1) is 6.92 Å². The van der Waals surface area contributed by atoms with E-state index >= 15 is 0 Å². The molecule has 1 aliphatic carbocycles. The Morgan fingerprint density at radius 2 is 1.95 bits per heavy atom.